The summed E-state index contributed by atoms with van der Waals surface area (Å²) in [6.07, 6.45) is 0.700. The van der Waals surface area contributed by atoms with Gasteiger partial charge >= 0.3 is 5.97 Å². The highest BCUT2D eigenvalue weighted by Gasteiger charge is 2.13. The van der Waals surface area contributed by atoms with E-state index in [-0.39, 0.29) is 17.6 Å². The standard InChI is InChI=1S/C11H13NO4/c1-3-8(2)11(13)16-10-6-4-9(5-7-10)12(14)15/h4-8H,3H2,1-2H3. The number of carbonyl (C=O) groups excluding carboxylic acids is 1. The number of nitro benzene ring substituents is 1. The molecule has 0 aliphatic rings. The van der Waals surface area contributed by atoms with Crippen LogP contribution in [0.15, 0.2) is 24.3 Å². The number of hydrogen-bond acceptors (Lipinski definition) is 4. The van der Waals surface area contributed by atoms with Gasteiger partial charge in [0, 0.05) is 12.1 Å². The summed E-state index contributed by atoms with van der Waals surface area (Å²) in [5.41, 5.74) is -0.0247. The summed E-state index contributed by atoms with van der Waals surface area (Å²) in [5.74, 6) is -0.164. The summed E-state index contributed by atoms with van der Waals surface area (Å²) >= 11 is 0. The molecule has 16 heavy (non-hydrogen) atoms. The van der Waals surface area contributed by atoms with Gasteiger partial charge in [-0.2, -0.15) is 0 Å². The van der Waals surface area contributed by atoms with E-state index in [0.717, 1.165) is 0 Å². The zero-order chi connectivity index (χ0) is 12.1. The van der Waals surface area contributed by atoms with Crippen molar-refractivity contribution < 1.29 is 14.5 Å². The third-order valence-corrected chi connectivity index (χ3v) is 2.28. The van der Waals surface area contributed by atoms with Gasteiger partial charge in [-0.25, -0.2) is 0 Å². The average Bonchev–Trinajstić information content (AvgIpc) is 2.28. The lowest BCUT2D eigenvalue weighted by Crippen LogP contribution is -2.16. The molecule has 0 aliphatic heterocycles. The van der Waals surface area contributed by atoms with E-state index in [4.69, 9.17) is 4.74 Å². The quantitative estimate of drug-likeness (QED) is 0.340. The van der Waals surface area contributed by atoms with Gasteiger partial charge < -0.3 is 4.74 Å². The van der Waals surface area contributed by atoms with Crippen molar-refractivity contribution in [2.45, 2.75) is 20.3 Å². The largest absolute Gasteiger partial charge is 0.426 e. The van der Waals surface area contributed by atoms with Gasteiger partial charge in [-0.15, -0.1) is 0 Å². The van der Waals surface area contributed by atoms with Crippen molar-refractivity contribution in [1.82, 2.24) is 0 Å². The molecule has 0 saturated heterocycles. The lowest BCUT2D eigenvalue weighted by molar-refractivity contribution is -0.384. The van der Waals surface area contributed by atoms with Crippen LogP contribution in [-0.4, -0.2) is 10.9 Å². The molecule has 0 bridgehead atoms. The van der Waals surface area contributed by atoms with Crippen molar-refractivity contribution in [1.29, 1.82) is 0 Å². The van der Waals surface area contributed by atoms with Crippen molar-refractivity contribution in [2.75, 3.05) is 0 Å². The van der Waals surface area contributed by atoms with Crippen LogP contribution in [0.3, 0.4) is 0 Å². The van der Waals surface area contributed by atoms with E-state index in [2.05, 4.69) is 0 Å². The van der Waals surface area contributed by atoms with E-state index >= 15 is 0 Å². The van der Waals surface area contributed by atoms with E-state index < -0.39 is 4.92 Å². The Morgan fingerprint density at radius 3 is 2.44 bits per heavy atom. The summed E-state index contributed by atoms with van der Waals surface area (Å²) in [7, 11) is 0. The van der Waals surface area contributed by atoms with E-state index in [9.17, 15) is 14.9 Å². The molecule has 0 fully saturated rings. The highest BCUT2D eigenvalue weighted by molar-refractivity contribution is 5.74. The Morgan fingerprint density at radius 1 is 1.44 bits per heavy atom. The van der Waals surface area contributed by atoms with Gasteiger partial charge in [-0.1, -0.05) is 13.8 Å². The smallest absolute Gasteiger partial charge is 0.314 e. The number of hydrogen-bond donors (Lipinski definition) is 0. The van der Waals surface area contributed by atoms with E-state index in [1.165, 1.54) is 24.3 Å². The number of ether oxygens (including phenoxy) is 1. The van der Waals surface area contributed by atoms with Crippen LogP contribution in [0.1, 0.15) is 20.3 Å². The summed E-state index contributed by atoms with van der Waals surface area (Å²) in [4.78, 5) is 21.3. The maximum absolute atomic E-state index is 11.4. The molecule has 5 heteroatoms. The van der Waals surface area contributed by atoms with Crippen LogP contribution in [0.25, 0.3) is 0 Å². The normalized spacial score (nSPS) is 11.9. The molecule has 0 radical (unpaired) electrons. The highest BCUT2D eigenvalue weighted by atomic mass is 16.6. The predicted molar refractivity (Wildman–Crippen MR) is 58.2 cm³/mol. The van der Waals surface area contributed by atoms with E-state index in [1.54, 1.807) is 6.92 Å². The predicted octanol–water partition coefficient (Wildman–Crippen LogP) is 2.55. The van der Waals surface area contributed by atoms with Crippen molar-refractivity contribution in [3.8, 4) is 5.75 Å². The van der Waals surface area contributed by atoms with Crippen LogP contribution >= 0.6 is 0 Å². The fourth-order valence-corrected chi connectivity index (χ4v) is 1.02. The molecule has 86 valence electrons. The Hall–Kier alpha value is -1.91. The number of non-ortho nitro benzene ring substituents is 1. The van der Waals surface area contributed by atoms with Gasteiger partial charge in [-0.05, 0) is 18.6 Å². The Labute approximate surface area is 93.2 Å². The van der Waals surface area contributed by atoms with Crippen LogP contribution in [0.2, 0.25) is 0 Å². The second-order valence-corrected chi connectivity index (χ2v) is 3.48. The fraction of sp³-hybridized carbons (Fsp3) is 0.364. The second-order valence-electron chi connectivity index (χ2n) is 3.48. The molecule has 5 nitrogen and oxygen atoms in total. The molecule has 1 unspecified atom stereocenters. The zero-order valence-corrected chi connectivity index (χ0v) is 9.17. The first-order valence-corrected chi connectivity index (χ1v) is 5.00. The topological polar surface area (TPSA) is 69.4 Å². The molecule has 1 rings (SSSR count). The van der Waals surface area contributed by atoms with Crippen molar-refractivity contribution in [2.24, 2.45) is 5.92 Å². The van der Waals surface area contributed by atoms with Crippen molar-refractivity contribution in [3.63, 3.8) is 0 Å². The Balaban J connectivity index is 2.69. The lowest BCUT2D eigenvalue weighted by atomic mass is 10.1. The molecule has 0 aliphatic carbocycles. The molecule has 0 N–H and O–H groups in total. The molecule has 1 aromatic rings. The van der Waals surface area contributed by atoms with Gasteiger partial charge in [0.1, 0.15) is 5.75 Å². The third kappa shape index (κ3) is 3.05. The van der Waals surface area contributed by atoms with Crippen LogP contribution in [0.5, 0.6) is 5.75 Å². The van der Waals surface area contributed by atoms with Crippen LogP contribution in [0.4, 0.5) is 5.69 Å². The number of carbonyl (C=O) groups is 1. The van der Waals surface area contributed by atoms with Gasteiger partial charge in [0.05, 0.1) is 10.8 Å². The molecule has 1 atom stereocenters. The Bertz CT molecular complexity index is 385. The molecule has 0 spiro atoms. The highest BCUT2D eigenvalue weighted by Crippen LogP contribution is 2.18. The van der Waals surface area contributed by atoms with Crippen molar-refractivity contribution >= 4 is 11.7 Å². The fourth-order valence-electron chi connectivity index (χ4n) is 1.02. The maximum Gasteiger partial charge on any atom is 0.314 e. The first-order chi connectivity index (χ1) is 7.54. The molecule has 0 heterocycles. The third-order valence-electron chi connectivity index (χ3n) is 2.28. The van der Waals surface area contributed by atoms with Gasteiger partial charge in [0.2, 0.25) is 0 Å². The Kier molecular flexibility index (Phi) is 3.99. The maximum atomic E-state index is 11.4. The monoisotopic (exact) mass is 223 g/mol. The molecule has 0 aromatic heterocycles. The first-order valence-electron chi connectivity index (χ1n) is 5.00. The SMILES string of the molecule is CCC(C)C(=O)Oc1ccc([N+](=O)[O-])cc1. The molecule has 1 aromatic carbocycles. The van der Waals surface area contributed by atoms with Crippen LogP contribution in [0, 0.1) is 16.0 Å². The summed E-state index contributed by atoms with van der Waals surface area (Å²) in [5, 5.41) is 10.4. The minimum absolute atomic E-state index is 0.0247. The number of nitro groups is 1. The summed E-state index contributed by atoms with van der Waals surface area (Å²) in [6.45, 7) is 3.66. The average molecular weight is 223 g/mol. The minimum atomic E-state index is -0.500. The van der Waals surface area contributed by atoms with Gasteiger partial charge in [0.25, 0.3) is 5.69 Å². The number of esters is 1. The number of rotatable bonds is 4. The van der Waals surface area contributed by atoms with E-state index in [0.29, 0.717) is 12.2 Å². The molecule has 0 amide bonds. The first kappa shape index (κ1) is 12.2. The minimum Gasteiger partial charge on any atom is -0.426 e. The second kappa shape index (κ2) is 5.25. The van der Waals surface area contributed by atoms with Crippen LogP contribution in [-0.2, 0) is 4.79 Å². The lowest BCUT2D eigenvalue weighted by Gasteiger charge is -2.08. The van der Waals surface area contributed by atoms with E-state index in [1.807, 2.05) is 6.92 Å². The number of benzene rings is 1. The molecule has 0 saturated carbocycles. The van der Waals surface area contributed by atoms with Gasteiger partial charge in [-0.3, -0.25) is 14.9 Å². The number of nitrogens with zero attached hydrogens (tertiary/aromatic N) is 1. The van der Waals surface area contributed by atoms with Crippen LogP contribution < -0.4 is 4.74 Å². The Morgan fingerprint density at radius 2 is 2.00 bits per heavy atom. The summed E-state index contributed by atoms with van der Waals surface area (Å²) < 4.78 is 5.04. The zero-order valence-electron chi connectivity index (χ0n) is 9.17. The van der Waals surface area contributed by atoms with Gasteiger partial charge in [0.15, 0.2) is 0 Å². The summed E-state index contributed by atoms with van der Waals surface area (Å²) in [6, 6.07) is 5.44. The van der Waals surface area contributed by atoms with Crippen molar-refractivity contribution in [3.05, 3.63) is 34.4 Å². The molecular weight excluding hydrogens is 210 g/mol. The molecular formula is C11H13NO4.